The molecule has 0 amide bonds. The van der Waals surface area contributed by atoms with Gasteiger partial charge < -0.3 is 9.88 Å². The zero-order chi connectivity index (χ0) is 8.55. The number of H-pyrrole nitrogens is 1. The third kappa shape index (κ3) is 1.16. The average Bonchev–Trinajstić information content (AvgIpc) is 2.46. The van der Waals surface area contributed by atoms with Crippen molar-refractivity contribution in [1.82, 2.24) is 9.88 Å². The van der Waals surface area contributed by atoms with Crippen LogP contribution in [-0.4, -0.2) is 29.8 Å². The van der Waals surface area contributed by atoms with Crippen molar-refractivity contribution in [2.45, 2.75) is 13.0 Å². The molecule has 0 radical (unpaired) electrons. The molecular formula is C9H12N2O. The van der Waals surface area contributed by atoms with Crippen molar-refractivity contribution >= 4 is 6.29 Å². The van der Waals surface area contributed by atoms with E-state index in [1.54, 1.807) is 0 Å². The van der Waals surface area contributed by atoms with E-state index >= 15 is 0 Å². The summed E-state index contributed by atoms with van der Waals surface area (Å²) in [6.07, 6.45) is 1.93. The molecule has 12 heavy (non-hydrogen) atoms. The van der Waals surface area contributed by atoms with Crippen molar-refractivity contribution < 1.29 is 4.79 Å². The molecule has 0 spiro atoms. The molecule has 1 aromatic heterocycles. The van der Waals surface area contributed by atoms with E-state index in [0.29, 0.717) is 5.69 Å². The number of aldehydes is 1. The Morgan fingerprint density at radius 3 is 3.25 bits per heavy atom. The number of likely N-dealkylation sites (N-methyl/N-ethyl adjacent to an activating group) is 1. The summed E-state index contributed by atoms with van der Waals surface area (Å²) in [5.41, 5.74) is 3.20. The molecule has 64 valence electrons. The highest BCUT2D eigenvalue weighted by Crippen LogP contribution is 2.17. The van der Waals surface area contributed by atoms with Crippen LogP contribution >= 0.6 is 0 Å². The molecule has 0 saturated carbocycles. The maximum atomic E-state index is 10.5. The number of carbonyl (C=O) groups is 1. The van der Waals surface area contributed by atoms with E-state index in [9.17, 15) is 4.79 Å². The second-order valence-electron chi connectivity index (χ2n) is 3.33. The van der Waals surface area contributed by atoms with Crippen LogP contribution in [0.1, 0.15) is 21.7 Å². The Morgan fingerprint density at radius 2 is 2.50 bits per heavy atom. The van der Waals surface area contributed by atoms with E-state index in [4.69, 9.17) is 0 Å². The Bertz CT molecular complexity index is 303. The van der Waals surface area contributed by atoms with Crippen LogP contribution in [0.15, 0.2) is 6.07 Å². The number of rotatable bonds is 1. The first-order valence-electron chi connectivity index (χ1n) is 4.14. The second-order valence-corrected chi connectivity index (χ2v) is 3.33. The van der Waals surface area contributed by atoms with Crippen LogP contribution in [0.25, 0.3) is 0 Å². The summed E-state index contributed by atoms with van der Waals surface area (Å²) in [5.74, 6) is 0. The summed E-state index contributed by atoms with van der Waals surface area (Å²) in [4.78, 5) is 15.8. The molecule has 0 bridgehead atoms. The fourth-order valence-corrected chi connectivity index (χ4v) is 1.65. The fourth-order valence-electron chi connectivity index (χ4n) is 1.65. The van der Waals surface area contributed by atoms with Crippen LogP contribution in [-0.2, 0) is 13.0 Å². The monoisotopic (exact) mass is 164 g/mol. The molecule has 0 aromatic carbocycles. The standard InChI is InChI=1S/C9H12N2O/c1-11-3-2-7-4-8(6-12)10-9(7)5-11/h4,6,10H,2-3,5H2,1H3. The quantitative estimate of drug-likeness (QED) is 0.624. The minimum absolute atomic E-state index is 0.704. The Kier molecular flexibility index (Phi) is 1.73. The molecule has 0 saturated heterocycles. The van der Waals surface area contributed by atoms with Gasteiger partial charge in [-0.15, -0.1) is 0 Å². The Hall–Kier alpha value is -1.09. The Balaban J connectivity index is 2.34. The lowest BCUT2D eigenvalue weighted by Crippen LogP contribution is -2.25. The van der Waals surface area contributed by atoms with Crippen molar-refractivity contribution in [1.29, 1.82) is 0 Å². The van der Waals surface area contributed by atoms with Gasteiger partial charge in [0.05, 0.1) is 5.69 Å². The minimum Gasteiger partial charge on any atom is -0.355 e. The highest BCUT2D eigenvalue weighted by molar-refractivity contribution is 5.72. The highest BCUT2D eigenvalue weighted by atomic mass is 16.1. The summed E-state index contributed by atoms with van der Waals surface area (Å²) in [5, 5.41) is 0. The van der Waals surface area contributed by atoms with Gasteiger partial charge in [0.2, 0.25) is 0 Å². The normalized spacial score (nSPS) is 17.4. The van der Waals surface area contributed by atoms with Crippen LogP contribution in [0.5, 0.6) is 0 Å². The Labute approximate surface area is 71.4 Å². The highest BCUT2D eigenvalue weighted by Gasteiger charge is 2.15. The molecule has 2 rings (SSSR count). The van der Waals surface area contributed by atoms with Crippen LogP contribution in [0.2, 0.25) is 0 Å². The number of nitrogens with zero attached hydrogens (tertiary/aromatic N) is 1. The zero-order valence-corrected chi connectivity index (χ0v) is 7.13. The molecule has 1 N–H and O–H groups in total. The predicted octanol–water partition coefficient (Wildman–Crippen LogP) is 0.815. The predicted molar refractivity (Wildman–Crippen MR) is 46.2 cm³/mol. The van der Waals surface area contributed by atoms with Crippen LogP contribution in [0, 0.1) is 0 Å². The Morgan fingerprint density at radius 1 is 1.67 bits per heavy atom. The van der Waals surface area contributed by atoms with Gasteiger partial charge in [-0.3, -0.25) is 4.79 Å². The van der Waals surface area contributed by atoms with Gasteiger partial charge in [-0.1, -0.05) is 0 Å². The zero-order valence-electron chi connectivity index (χ0n) is 7.13. The molecule has 3 nitrogen and oxygen atoms in total. The maximum absolute atomic E-state index is 10.5. The molecule has 0 unspecified atom stereocenters. The minimum atomic E-state index is 0.704. The van der Waals surface area contributed by atoms with Crippen LogP contribution in [0.4, 0.5) is 0 Å². The van der Waals surface area contributed by atoms with Gasteiger partial charge >= 0.3 is 0 Å². The van der Waals surface area contributed by atoms with Crippen molar-refractivity contribution in [3.63, 3.8) is 0 Å². The number of nitrogens with one attached hydrogen (secondary N) is 1. The number of carbonyl (C=O) groups excluding carboxylic acids is 1. The lowest BCUT2D eigenvalue weighted by Gasteiger charge is -2.21. The molecule has 1 aromatic rings. The fraction of sp³-hybridized carbons (Fsp3) is 0.444. The summed E-state index contributed by atoms with van der Waals surface area (Å²) in [7, 11) is 2.09. The van der Waals surface area contributed by atoms with Crippen molar-refractivity contribution in [3.05, 3.63) is 23.0 Å². The number of aromatic amines is 1. The molecule has 0 fully saturated rings. The number of hydrogen-bond acceptors (Lipinski definition) is 2. The van der Waals surface area contributed by atoms with Gasteiger partial charge in [-0.05, 0) is 25.1 Å². The third-order valence-corrected chi connectivity index (χ3v) is 2.33. The van der Waals surface area contributed by atoms with Gasteiger partial charge in [-0.2, -0.15) is 0 Å². The summed E-state index contributed by atoms with van der Waals surface area (Å²) < 4.78 is 0. The van der Waals surface area contributed by atoms with Gasteiger partial charge in [0.25, 0.3) is 0 Å². The summed E-state index contributed by atoms with van der Waals surface area (Å²) in [6, 6.07) is 1.95. The molecule has 3 heteroatoms. The van der Waals surface area contributed by atoms with Crippen molar-refractivity contribution in [3.8, 4) is 0 Å². The number of aromatic nitrogens is 1. The van der Waals surface area contributed by atoms with Gasteiger partial charge in [0.15, 0.2) is 6.29 Å². The molecule has 1 aliphatic rings. The first-order chi connectivity index (χ1) is 5.79. The van der Waals surface area contributed by atoms with E-state index in [1.165, 1.54) is 11.3 Å². The van der Waals surface area contributed by atoms with Crippen molar-refractivity contribution in [2.75, 3.05) is 13.6 Å². The molecule has 0 aliphatic carbocycles. The first-order valence-corrected chi connectivity index (χ1v) is 4.14. The van der Waals surface area contributed by atoms with Gasteiger partial charge in [-0.25, -0.2) is 0 Å². The summed E-state index contributed by atoms with van der Waals surface area (Å²) in [6.45, 7) is 2.02. The van der Waals surface area contributed by atoms with Crippen molar-refractivity contribution in [2.24, 2.45) is 0 Å². The number of fused-ring (bicyclic) bond motifs is 1. The van der Waals surface area contributed by atoms with E-state index in [0.717, 1.165) is 25.8 Å². The summed E-state index contributed by atoms with van der Waals surface area (Å²) >= 11 is 0. The third-order valence-electron chi connectivity index (χ3n) is 2.33. The molecule has 1 aliphatic heterocycles. The van der Waals surface area contributed by atoms with Crippen LogP contribution < -0.4 is 0 Å². The molecule has 0 atom stereocenters. The second kappa shape index (κ2) is 2.75. The van der Waals surface area contributed by atoms with Crippen LogP contribution in [0.3, 0.4) is 0 Å². The van der Waals surface area contributed by atoms with E-state index in [2.05, 4.69) is 16.9 Å². The van der Waals surface area contributed by atoms with Gasteiger partial charge in [0.1, 0.15) is 0 Å². The maximum Gasteiger partial charge on any atom is 0.166 e. The SMILES string of the molecule is CN1CCc2cc(C=O)[nH]c2C1. The topological polar surface area (TPSA) is 36.1 Å². The van der Waals surface area contributed by atoms with Gasteiger partial charge in [0, 0.05) is 18.8 Å². The smallest absolute Gasteiger partial charge is 0.166 e. The largest absolute Gasteiger partial charge is 0.355 e. The lowest BCUT2D eigenvalue weighted by atomic mass is 10.1. The van der Waals surface area contributed by atoms with E-state index in [1.807, 2.05) is 6.07 Å². The molecule has 2 heterocycles. The molecular weight excluding hydrogens is 152 g/mol. The first kappa shape index (κ1) is 7.55. The average molecular weight is 164 g/mol. The van der Waals surface area contributed by atoms with E-state index < -0.39 is 0 Å². The number of hydrogen-bond donors (Lipinski definition) is 1. The van der Waals surface area contributed by atoms with E-state index in [-0.39, 0.29) is 0 Å². The lowest BCUT2D eigenvalue weighted by molar-refractivity contribution is 0.111.